The van der Waals surface area contributed by atoms with Crippen LogP contribution in [-0.4, -0.2) is 20.6 Å². The smallest absolute Gasteiger partial charge is 0.335 e. The molecule has 0 atom stereocenters. The number of fused-ring (bicyclic) bond motifs is 1. The Labute approximate surface area is 172 Å². The molecule has 0 fully saturated rings. The van der Waals surface area contributed by atoms with E-state index in [2.05, 4.69) is 20.9 Å². The number of carbonyl (C=O) groups is 1. The largest absolute Gasteiger partial charge is 0.478 e. The number of aromatic carboxylic acids is 1. The van der Waals surface area contributed by atoms with Crippen LogP contribution in [0.5, 0.6) is 0 Å². The van der Waals surface area contributed by atoms with Crippen molar-refractivity contribution < 1.29 is 9.90 Å². The minimum absolute atomic E-state index is 0.106. The van der Waals surface area contributed by atoms with Crippen LogP contribution in [0.25, 0.3) is 28.7 Å². The Balaban J connectivity index is 1.96. The van der Waals surface area contributed by atoms with Gasteiger partial charge >= 0.3 is 5.97 Å². The molecule has 4 rings (SSSR count). The fourth-order valence-corrected chi connectivity index (χ4v) is 4.19. The normalized spacial score (nSPS) is 11.3. The molecule has 4 aromatic rings. The fraction of sp³-hybridized carbons (Fsp3) is 0. The van der Waals surface area contributed by atoms with Crippen LogP contribution in [0, 0.1) is 0 Å². The number of thiophene rings is 1. The van der Waals surface area contributed by atoms with Crippen molar-refractivity contribution in [3.63, 3.8) is 0 Å². The lowest BCUT2D eigenvalue weighted by Gasteiger charge is -2.12. The maximum absolute atomic E-state index is 13.2. The Morgan fingerprint density at radius 1 is 1.07 bits per heavy atom. The summed E-state index contributed by atoms with van der Waals surface area (Å²) in [6.07, 6.45) is 3.64. The minimum Gasteiger partial charge on any atom is -0.478 e. The van der Waals surface area contributed by atoms with Gasteiger partial charge in [0, 0.05) is 4.88 Å². The summed E-state index contributed by atoms with van der Waals surface area (Å²) in [7, 11) is 0. The number of aromatic nitrogens is 2. The molecule has 0 amide bonds. The highest BCUT2D eigenvalue weighted by Gasteiger charge is 2.13. The molecule has 0 saturated heterocycles. The van der Waals surface area contributed by atoms with E-state index in [1.807, 2.05) is 24.3 Å². The summed E-state index contributed by atoms with van der Waals surface area (Å²) in [6.45, 7) is 0. The van der Waals surface area contributed by atoms with Gasteiger partial charge < -0.3 is 5.11 Å². The van der Waals surface area contributed by atoms with E-state index in [9.17, 15) is 14.7 Å². The molecule has 0 bridgehead atoms. The SMILES string of the molecule is O=C(O)c1cccc(-n2c(/C=C/c3ccc(Br)s3)nc3ccccc3c2=O)c1. The first-order valence-electron chi connectivity index (χ1n) is 8.32. The standard InChI is InChI=1S/C21H13BrN2O3S/c22-18-10-8-15(28-18)9-11-19-23-17-7-2-1-6-16(17)20(25)24(19)14-5-3-4-13(12-14)21(26)27/h1-12H,(H,26,27)/b11-9+. The van der Waals surface area contributed by atoms with Crippen molar-refractivity contribution >= 4 is 56.3 Å². The monoisotopic (exact) mass is 452 g/mol. The van der Waals surface area contributed by atoms with Crippen molar-refractivity contribution in [2.45, 2.75) is 0 Å². The number of carboxylic acid groups (broad SMARTS) is 1. The molecule has 28 heavy (non-hydrogen) atoms. The van der Waals surface area contributed by atoms with Crippen molar-refractivity contribution in [3.8, 4) is 5.69 Å². The molecule has 0 aliphatic carbocycles. The highest BCUT2D eigenvalue weighted by Crippen LogP contribution is 2.24. The Kier molecular flexibility index (Phi) is 4.93. The van der Waals surface area contributed by atoms with Crippen molar-refractivity contribution in [1.82, 2.24) is 9.55 Å². The number of hydrogen-bond acceptors (Lipinski definition) is 4. The Hall–Kier alpha value is -3.03. The summed E-state index contributed by atoms with van der Waals surface area (Å²) < 4.78 is 2.44. The predicted molar refractivity (Wildman–Crippen MR) is 115 cm³/mol. The lowest BCUT2D eigenvalue weighted by Crippen LogP contribution is -2.22. The van der Waals surface area contributed by atoms with E-state index in [1.165, 1.54) is 16.7 Å². The van der Waals surface area contributed by atoms with Crippen molar-refractivity contribution in [3.05, 3.63) is 91.1 Å². The van der Waals surface area contributed by atoms with E-state index < -0.39 is 5.97 Å². The molecule has 0 radical (unpaired) electrons. The van der Waals surface area contributed by atoms with Crippen LogP contribution >= 0.6 is 27.3 Å². The molecule has 0 aliphatic rings. The molecule has 2 heterocycles. The van der Waals surface area contributed by atoms with Gasteiger partial charge in [0.25, 0.3) is 5.56 Å². The van der Waals surface area contributed by atoms with Crippen LogP contribution in [-0.2, 0) is 0 Å². The van der Waals surface area contributed by atoms with Crippen LogP contribution < -0.4 is 5.56 Å². The zero-order chi connectivity index (χ0) is 19.7. The minimum atomic E-state index is -1.05. The molecule has 2 aromatic carbocycles. The maximum Gasteiger partial charge on any atom is 0.335 e. The van der Waals surface area contributed by atoms with Gasteiger partial charge in [-0.05, 0) is 70.5 Å². The van der Waals surface area contributed by atoms with Crippen LogP contribution in [0.4, 0.5) is 0 Å². The third kappa shape index (κ3) is 3.54. The third-order valence-corrected chi connectivity index (χ3v) is 5.73. The molecule has 138 valence electrons. The number of hydrogen-bond donors (Lipinski definition) is 1. The summed E-state index contributed by atoms with van der Waals surface area (Å²) in [5, 5.41) is 9.77. The highest BCUT2D eigenvalue weighted by atomic mass is 79.9. The summed E-state index contributed by atoms with van der Waals surface area (Å²) in [5.41, 5.74) is 0.898. The number of benzene rings is 2. The molecule has 1 N–H and O–H groups in total. The quantitative estimate of drug-likeness (QED) is 0.468. The second-order valence-electron chi connectivity index (χ2n) is 5.96. The van der Waals surface area contributed by atoms with Crippen molar-refractivity contribution in [1.29, 1.82) is 0 Å². The number of rotatable bonds is 4. The number of nitrogens with zero attached hydrogens (tertiary/aromatic N) is 2. The Bertz CT molecular complexity index is 1290. The van der Waals surface area contributed by atoms with E-state index >= 15 is 0 Å². The second kappa shape index (κ2) is 7.53. The summed E-state index contributed by atoms with van der Waals surface area (Å²) in [6, 6.07) is 17.3. The van der Waals surface area contributed by atoms with Gasteiger partial charge in [0.2, 0.25) is 0 Å². The number of halogens is 1. The predicted octanol–water partition coefficient (Wildman–Crippen LogP) is 5.08. The number of para-hydroxylation sites is 1. The highest BCUT2D eigenvalue weighted by molar-refractivity contribution is 9.11. The first kappa shape index (κ1) is 18.3. The Morgan fingerprint density at radius 3 is 2.64 bits per heavy atom. The average Bonchev–Trinajstić information content (AvgIpc) is 3.12. The average molecular weight is 453 g/mol. The first-order chi connectivity index (χ1) is 13.5. The summed E-state index contributed by atoms with van der Waals surface area (Å²) in [4.78, 5) is 30.2. The maximum atomic E-state index is 13.2. The molecule has 0 saturated carbocycles. The van der Waals surface area contributed by atoms with E-state index in [0.717, 1.165) is 8.66 Å². The molecular formula is C21H13BrN2O3S. The van der Waals surface area contributed by atoms with Gasteiger partial charge in [-0.2, -0.15) is 0 Å². The lowest BCUT2D eigenvalue weighted by atomic mass is 10.2. The topological polar surface area (TPSA) is 72.2 Å². The van der Waals surface area contributed by atoms with E-state index in [4.69, 9.17) is 0 Å². The van der Waals surface area contributed by atoms with Crippen LogP contribution in [0.2, 0.25) is 0 Å². The van der Waals surface area contributed by atoms with Gasteiger partial charge in [-0.25, -0.2) is 9.78 Å². The molecule has 0 unspecified atom stereocenters. The van der Waals surface area contributed by atoms with Crippen molar-refractivity contribution in [2.75, 3.05) is 0 Å². The summed E-state index contributed by atoms with van der Waals surface area (Å²) in [5.74, 6) is -0.625. The Morgan fingerprint density at radius 2 is 1.89 bits per heavy atom. The van der Waals surface area contributed by atoms with E-state index in [1.54, 1.807) is 47.7 Å². The van der Waals surface area contributed by atoms with Gasteiger partial charge in [0.1, 0.15) is 5.82 Å². The zero-order valence-electron chi connectivity index (χ0n) is 14.4. The fourth-order valence-electron chi connectivity index (χ4n) is 2.86. The first-order valence-corrected chi connectivity index (χ1v) is 9.93. The summed E-state index contributed by atoms with van der Waals surface area (Å²) >= 11 is 4.99. The van der Waals surface area contributed by atoms with E-state index in [-0.39, 0.29) is 11.1 Å². The van der Waals surface area contributed by atoms with Gasteiger partial charge in [0.15, 0.2) is 0 Å². The molecule has 7 heteroatoms. The molecular weight excluding hydrogens is 440 g/mol. The molecule has 0 aliphatic heterocycles. The number of carboxylic acids is 1. The zero-order valence-corrected chi connectivity index (χ0v) is 16.8. The third-order valence-electron chi connectivity index (χ3n) is 4.14. The molecule has 2 aromatic heterocycles. The lowest BCUT2D eigenvalue weighted by molar-refractivity contribution is 0.0697. The van der Waals surface area contributed by atoms with Gasteiger partial charge in [0.05, 0.1) is 25.9 Å². The van der Waals surface area contributed by atoms with Crippen LogP contribution in [0.3, 0.4) is 0 Å². The van der Waals surface area contributed by atoms with Gasteiger partial charge in [-0.1, -0.05) is 18.2 Å². The van der Waals surface area contributed by atoms with E-state index in [0.29, 0.717) is 22.4 Å². The van der Waals surface area contributed by atoms with Crippen LogP contribution in [0.1, 0.15) is 21.1 Å². The van der Waals surface area contributed by atoms with Crippen molar-refractivity contribution in [2.24, 2.45) is 0 Å². The molecule has 5 nitrogen and oxygen atoms in total. The van der Waals surface area contributed by atoms with Crippen LogP contribution in [0.15, 0.2) is 69.2 Å². The second-order valence-corrected chi connectivity index (χ2v) is 8.45. The van der Waals surface area contributed by atoms with Gasteiger partial charge in [-0.3, -0.25) is 9.36 Å². The van der Waals surface area contributed by atoms with Gasteiger partial charge in [-0.15, -0.1) is 11.3 Å². The molecule has 0 spiro atoms.